The standard InChI is InChI=1S/C22H21ClF3NO4S/c1-10-4-12-5-13(9-28)19(10)21(12)32(30,31)18-6-11(2-3-15(18)23)22(29)27-14-7-16(24)20(26)17(25)8-14/h2-3,6-8,10,12-13,19,21,28H,4-5,9H2,1H3,(H,27,29)/t10-,12?,13+,19?,21+/m0/s1. The van der Waals surface area contributed by atoms with Gasteiger partial charge in [-0.05, 0) is 54.7 Å². The molecule has 2 aromatic carbocycles. The van der Waals surface area contributed by atoms with Gasteiger partial charge in [-0.3, -0.25) is 4.79 Å². The minimum absolute atomic E-state index is 0.0417. The van der Waals surface area contributed by atoms with Crippen LogP contribution in [-0.2, 0) is 9.84 Å². The van der Waals surface area contributed by atoms with Crippen molar-refractivity contribution in [3.63, 3.8) is 0 Å². The molecule has 1 amide bonds. The average molecular weight is 488 g/mol. The Morgan fingerprint density at radius 3 is 2.44 bits per heavy atom. The fraction of sp³-hybridized carbons (Fsp3) is 0.409. The fourth-order valence-corrected chi connectivity index (χ4v) is 8.41. The topological polar surface area (TPSA) is 83.5 Å². The number of amides is 1. The van der Waals surface area contributed by atoms with Crippen molar-refractivity contribution >= 4 is 33.0 Å². The number of anilines is 1. The van der Waals surface area contributed by atoms with Gasteiger partial charge in [0, 0.05) is 30.0 Å². The molecule has 0 radical (unpaired) electrons. The van der Waals surface area contributed by atoms with E-state index >= 15 is 0 Å². The van der Waals surface area contributed by atoms with E-state index in [-0.39, 0.29) is 51.4 Å². The Hall–Kier alpha value is -2.10. The van der Waals surface area contributed by atoms with E-state index < -0.39 is 38.4 Å². The van der Waals surface area contributed by atoms with E-state index in [2.05, 4.69) is 5.32 Å². The highest BCUT2D eigenvalue weighted by Crippen LogP contribution is 2.55. The monoisotopic (exact) mass is 487 g/mol. The van der Waals surface area contributed by atoms with Gasteiger partial charge >= 0.3 is 0 Å². The molecule has 2 bridgehead atoms. The molecule has 0 heterocycles. The molecule has 0 spiro atoms. The molecule has 2 fully saturated rings. The van der Waals surface area contributed by atoms with E-state index in [9.17, 15) is 31.5 Å². The fourth-order valence-electron chi connectivity index (χ4n) is 5.41. The molecule has 10 heteroatoms. The van der Waals surface area contributed by atoms with Crippen LogP contribution in [0.3, 0.4) is 0 Å². The van der Waals surface area contributed by atoms with Crippen LogP contribution in [-0.4, -0.2) is 31.3 Å². The van der Waals surface area contributed by atoms with Gasteiger partial charge in [0.25, 0.3) is 5.91 Å². The minimum atomic E-state index is -3.92. The number of hydrogen-bond acceptors (Lipinski definition) is 4. The van der Waals surface area contributed by atoms with Crippen molar-refractivity contribution in [2.75, 3.05) is 11.9 Å². The molecule has 2 aliphatic carbocycles. The number of hydrogen-bond donors (Lipinski definition) is 2. The molecule has 32 heavy (non-hydrogen) atoms. The molecule has 0 aliphatic heterocycles. The first-order chi connectivity index (χ1) is 15.0. The second kappa shape index (κ2) is 8.35. The predicted molar refractivity (Wildman–Crippen MR) is 113 cm³/mol. The molecule has 2 aromatic rings. The zero-order chi connectivity index (χ0) is 23.4. The van der Waals surface area contributed by atoms with Crippen LogP contribution in [0.1, 0.15) is 30.1 Å². The number of sulfone groups is 1. The van der Waals surface area contributed by atoms with Gasteiger partial charge in [-0.15, -0.1) is 0 Å². The van der Waals surface area contributed by atoms with E-state index in [0.717, 1.165) is 12.5 Å². The summed E-state index contributed by atoms with van der Waals surface area (Å²) in [6.45, 7) is 1.89. The molecule has 0 aromatic heterocycles. The lowest BCUT2D eigenvalue weighted by atomic mass is 9.82. The summed E-state index contributed by atoms with van der Waals surface area (Å²) in [4.78, 5) is 12.4. The first kappa shape index (κ1) is 23.1. The van der Waals surface area contributed by atoms with Gasteiger partial charge in [-0.25, -0.2) is 21.6 Å². The largest absolute Gasteiger partial charge is 0.396 e. The van der Waals surface area contributed by atoms with Gasteiger partial charge in [0.2, 0.25) is 0 Å². The van der Waals surface area contributed by atoms with Crippen LogP contribution >= 0.6 is 11.6 Å². The lowest BCUT2D eigenvalue weighted by Crippen LogP contribution is -2.30. The van der Waals surface area contributed by atoms with E-state index in [1.165, 1.54) is 12.1 Å². The highest BCUT2D eigenvalue weighted by molar-refractivity contribution is 7.92. The zero-order valence-corrected chi connectivity index (χ0v) is 18.6. The Labute approximate surface area is 188 Å². The molecule has 2 aliphatic rings. The van der Waals surface area contributed by atoms with Gasteiger partial charge in [-0.2, -0.15) is 0 Å². The number of aliphatic hydroxyl groups is 1. The van der Waals surface area contributed by atoms with Crippen LogP contribution in [0.5, 0.6) is 0 Å². The number of rotatable bonds is 5. The van der Waals surface area contributed by atoms with Crippen molar-refractivity contribution in [3.05, 3.63) is 58.4 Å². The molecule has 5 nitrogen and oxygen atoms in total. The van der Waals surface area contributed by atoms with Gasteiger partial charge in [0.1, 0.15) is 0 Å². The van der Waals surface area contributed by atoms with Gasteiger partial charge in [-0.1, -0.05) is 18.5 Å². The number of carbonyl (C=O) groups excluding carboxylic acids is 1. The second-order valence-corrected chi connectivity index (χ2v) is 11.1. The van der Waals surface area contributed by atoms with Crippen LogP contribution < -0.4 is 5.32 Å². The number of nitrogens with one attached hydrogen (secondary N) is 1. The summed E-state index contributed by atoms with van der Waals surface area (Å²) in [6.07, 6.45) is 1.36. The summed E-state index contributed by atoms with van der Waals surface area (Å²) in [5, 5.41) is 11.2. The Morgan fingerprint density at radius 1 is 1.16 bits per heavy atom. The van der Waals surface area contributed by atoms with Gasteiger partial charge < -0.3 is 10.4 Å². The zero-order valence-electron chi connectivity index (χ0n) is 17.0. The summed E-state index contributed by atoms with van der Waals surface area (Å²) < 4.78 is 67.1. The van der Waals surface area contributed by atoms with Gasteiger partial charge in [0.05, 0.1) is 15.2 Å². The van der Waals surface area contributed by atoms with E-state index in [1.807, 2.05) is 6.92 Å². The quantitative estimate of drug-likeness (QED) is 0.611. The summed E-state index contributed by atoms with van der Waals surface area (Å²) in [5.74, 6) is -5.70. The van der Waals surface area contributed by atoms with Crippen LogP contribution in [0.15, 0.2) is 35.2 Å². The third-order valence-corrected chi connectivity index (χ3v) is 9.47. The number of halogens is 4. The molecule has 2 unspecified atom stereocenters. The maximum atomic E-state index is 13.5. The number of fused-ring (bicyclic) bond motifs is 2. The lowest BCUT2D eigenvalue weighted by Gasteiger charge is -2.26. The maximum absolute atomic E-state index is 13.5. The summed E-state index contributed by atoms with van der Waals surface area (Å²) >= 11 is 6.20. The average Bonchev–Trinajstić information content (AvgIpc) is 3.26. The third-order valence-electron chi connectivity index (χ3n) is 6.66. The molecular formula is C22H21ClF3NO4S. The predicted octanol–water partition coefficient (Wildman–Crippen LogP) is 4.44. The number of carbonyl (C=O) groups is 1. The molecule has 0 saturated heterocycles. The second-order valence-electron chi connectivity index (χ2n) is 8.59. The van der Waals surface area contributed by atoms with Crippen molar-refractivity contribution in [1.82, 2.24) is 0 Å². The minimum Gasteiger partial charge on any atom is -0.396 e. The van der Waals surface area contributed by atoms with Crippen molar-refractivity contribution < 1.29 is 31.5 Å². The van der Waals surface area contributed by atoms with Crippen LogP contribution in [0.2, 0.25) is 5.02 Å². The maximum Gasteiger partial charge on any atom is 0.255 e. The summed E-state index contributed by atoms with van der Waals surface area (Å²) in [6, 6.07) is 4.95. The van der Waals surface area contributed by atoms with E-state index in [1.54, 1.807) is 0 Å². The molecular weight excluding hydrogens is 467 g/mol. The van der Waals surface area contributed by atoms with Crippen molar-refractivity contribution in [3.8, 4) is 0 Å². The molecule has 172 valence electrons. The first-order valence-corrected chi connectivity index (χ1v) is 12.1. The Bertz CT molecular complexity index is 1170. The molecule has 2 N–H and O–H groups in total. The van der Waals surface area contributed by atoms with E-state index in [4.69, 9.17) is 11.6 Å². The number of aliphatic hydroxyl groups excluding tert-OH is 1. The van der Waals surface area contributed by atoms with Crippen molar-refractivity contribution in [1.29, 1.82) is 0 Å². The Kier molecular flexibility index (Phi) is 6.02. The highest BCUT2D eigenvalue weighted by atomic mass is 35.5. The van der Waals surface area contributed by atoms with Crippen molar-refractivity contribution in [2.45, 2.75) is 29.9 Å². The molecule has 4 rings (SSSR count). The summed E-state index contributed by atoms with van der Waals surface area (Å²) in [7, 11) is -3.92. The normalized spacial score (nSPS) is 27.0. The van der Waals surface area contributed by atoms with E-state index in [0.29, 0.717) is 18.6 Å². The Morgan fingerprint density at radius 2 is 1.81 bits per heavy atom. The third kappa shape index (κ3) is 3.80. The SMILES string of the molecule is C[C@H]1CC2C[C@H](CO)C1[C@@H]2S(=O)(=O)c1cc(C(=O)Nc2cc(F)c(F)c(F)c2)ccc1Cl. The smallest absolute Gasteiger partial charge is 0.255 e. The van der Waals surface area contributed by atoms with Crippen LogP contribution in [0.4, 0.5) is 18.9 Å². The van der Waals surface area contributed by atoms with Gasteiger partial charge in [0.15, 0.2) is 27.3 Å². The van der Waals surface area contributed by atoms with Crippen LogP contribution in [0.25, 0.3) is 0 Å². The van der Waals surface area contributed by atoms with Crippen LogP contribution in [0, 0.1) is 41.1 Å². The first-order valence-electron chi connectivity index (χ1n) is 10.1. The lowest BCUT2D eigenvalue weighted by molar-refractivity contribution is 0.102. The molecule has 2 saturated carbocycles. The Balaban J connectivity index is 1.65. The molecule has 5 atom stereocenters. The highest BCUT2D eigenvalue weighted by Gasteiger charge is 2.57. The van der Waals surface area contributed by atoms with Crippen molar-refractivity contribution in [2.24, 2.45) is 23.7 Å². The number of benzene rings is 2. The summed E-state index contributed by atoms with van der Waals surface area (Å²) in [5.41, 5.74) is -0.408.